The molecule has 0 aromatic heterocycles. The summed E-state index contributed by atoms with van der Waals surface area (Å²) in [7, 11) is -1.32. The van der Waals surface area contributed by atoms with Crippen molar-refractivity contribution in [2.45, 2.75) is 25.6 Å². The summed E-state index contributed by atoms with van der Waals surface area (Å²) in [5, 5.41) is 26.5. The third-order valence-corrected chi connectivity index (χ3v) is 2.95. The van der Waals surface area contributed by atoms with Gasteiger partial charge in [0.2, 0.25) is 0 Å². The molecule has 19 heavy (non-hydrogen) atoms. The van der Waals surface area contributed by atoms with Crippen LogP contribution >= 0.6 is 0 Å². The van der Waals surface area contributed by atoms with Gasteiger partial charge in [0, 0.05) is 39.1 Å². The highest BCUT2D eigenvalue weighted by Crippen LogP contribution is 2.15. The minimum atomic E-state index is -1.32. The second-order valence-electron chi connectivity index (χ2n) is 4.75. The zero-order chi connectivity index (χ0) is 14.7. The van der Waals surface area contributed by atoms with Gasteiger partial charge in [0.25, 0.3) is 0 Å². The molecule has 8 heteroatoms. The van der Waals surface area contributed by atoms with Crippen LogP contribution in [0.5, 0.6) is 0 Å². The minimum Gasteiger partial charge on any atom is -0.481 e. The van der Waals surface area contributed by atoms with Gasteiger partial charge in [-0.3, -0.25) is 4.79 Å². The number of carboxylic acid groups (broad SMARTS) is 1. The van der Waals surface area contributed by atoms with Gasteiger partial charge in [0.1, 0.15) is 0 Å². The SMILES string of the molecule is NCCN(CCN)CC(CCCB(O)O)CC(=O)O. The summed E-state index contributed by atoms with van der Waals surface area (Å²) in [6.07, 6.45) is 1.58. The number of aliphatic carboxylic acids is 1. The Bertz CT molecular complexity index is 238. The van der Waals surface area contributed by atoms with Gasteiger partial charge < -0.3 is 31.5 Å². The van der Waals surface area contributed by atoms with E-state index >= 15 is 0 Å². The molecule has 0 aromatic carbocycles. The Kier molecular flexibility index (Phi) is 10.8. The van der Waals surface area contributed by atoms with E-state index in [2.05, 4.69) is 4.90 Å². The Labute approximate surface area is 114 Å². The molecule has 0 aliphatic rings. The Balaban J connectivity index is 4.24. The largest absolute Gasteiger partial charge is 0.481 e. The van der Waals surface area contributed by atoms with Crippen molar-refractivity contribution in [2.24, 2.45) is 17.4 Å². The standard InChI is InChI=1S/C11H26BN3O4/c13-4-6-15(7-5-14)9-10(8-11(16)17)2-1-3-12(18)19/h10,18-19H,1-9,13-14H2,(H,16,17). The van der Waals surface area contributed by atoms with Crippen LogP contribution in [0, 0.1) is 5.92 Å². The summed E-state index contributed by atoms with van der Waals surface area (Å²) in [5.41, 5.74) is 11.0. The van der Waals surface area contributed by atoms with Crippen molar-refractivity contribution in [3.63, 3.8) is 0 Å². The zero-order valence-corrected chi connectivity index (χ0v) is 11.4. The Morgan fingerprint density at radius 1 is 1.21 bits per heavy atom. The molecule has 112 valence electrons. The number of rotatable bonds is 12. The van der Waals surface area contributed by atoms with Crippen LogP contribution in [0.4, 0.5) is 0 Å². The minimum absolute atomic E-state index is 0.0191. The van der Waals surface area contributed by atoms with E-state index in [0.29, 0.717) is 45.6 Å². The van der Waals surface area contributed by atoms with Crippen LogP contribution in [-0.2, 0) is 4.79 Å². The molecular formula is C11H26BN3O4. The normalized spacial score (nSPS) is 12.7. The van der Waals surface area contributed by atoms with Crippen molar-refractivity contribution in [2.75, 3.05) is 32.7 Å². The van der Waals surface area contributed by atoms with Gasteiger partial charge in [-0.25, -0.2) is 0 Å². The van der Waals surface area contributed by atoms with E-state index in [0.717, 1.165) is 0 Å². The summed E-state index contributed by atoms with van der Waals surface area (Å²) >= 11 is 0. The third kappa shape index (κ3) is 10.9. The molecule has 0 bridgehead atoms. The van der Waals surface area contributed by atoms with Crippen LogP contribution in [0.2, 0.25) is 6.32 Å². The maximum atomic E-state index is 10.8. The highest BCUT2D eigenvalue weighted by molar-refractivity contribution is 6.40. The summed E-state index contributed by atoms with van der Waals surface area (Å²) < 4.78 is 0. The van der Waals surface area contributed by atoms with Crippen molar-refractivity contribution in [1.82, 2.24) is 4.90 Å². The molecule has 1 atom stereocenters. The number of nitrogens with two attached hydrogens (primary N) is 2. The fourth-order valence-corrected chi connectivity index (χ4v) is 2.12. The molecule has 0 amide bonds. The van der Waals surface area contributed by atoms with Gasteiger partial charge >= 0.3 is 13.1 Å². The van der Waals surface area contributed by atoms with Crippen molar-refractivity contribution in [3.8, 4) is 0 Å². The maximum Gasteiger partial charge on any atom is 0.451 e. The topological polar surface area (TPSA) is 133 Å². The first kappa shape index (κ1) is 18.3. The molecule has 0 aliphatic heterocycles. The van der Waals surface area contributed by atoms with Gasteiger partial charge in [-0.2, -0.15) is 0 Å². The lowest BCUT2D eigenvalue weighted by Crippen LogP contribution is -2.38. The first-order valence-corrected chi connectivity index (χ1v) is 6.70. The molecule has 0 radical (unpaired) electrons. The maximum absolute atomic E-state index is 10.8. The molecular weight excluding hydrogens is 249 g/mol. The van der Waals surface area contributed by atoms with E-state index in [1.807, 2.05) is 0 Å². The fraction of sp³-hybridized carbons (Fsp3) is 0.909. The molecule has 0 spiro atoms. The van der Waals surface area contributed by atoms with Crippen LogP contribution in [-0.4, -0.2) is 65.9 Å². The number of hydrogen-bond acceptors (Lipinski definition) is 6. The quantitative estimate of drug-likeness (QED) is 0.275. The van der Waals surface area contributed by atoms with E-state index in [4.69, 9.17) is 26.6 Å². The molecule has 1 unspecified atom stereocenters. The molecule has 0 heterocycles. The number of carboxylic acids is 1. The molecule has 0 saturated carbocycles. The van der Waals surface area contributed by atoms with E-state index in [-0.39, 0.29) is 18.7 Å². The molecule has 0 aromatic rings. The molecule has 0 fully saturated rings. The first-order chi connectivity index (χ1) is 8.99. The van der Waals surface area contributed by atoms with Crippen molar-refractivity contribution in [3.05, 3.63) is 0 Å². The van der Waals surface area contributed by atoms with Crippen molar-refractivity contribution >= 4 is 13.1 Å². The summed E-state index contributed by atoms with van der Waals surface area (Å²) in [6, 6.07) is 0. The van der Waals surface area contributed by atoms with E-state index in [1.54, 1.807) is 0 Å². The van der Waals surface area contributed by atoms with Gasteiger partial charge in [-0.1, -0.05) is 6.42 Å². The highest BCUT2D eigenvalue weighted by atomic mass is 16.4. The van der Waals surface area contributed by atoms with E-state index in [9.17, 15) is 4.79 Å². The summed E-state index contributed by atoms with van der Waals surface area (Å²) in [6.45, 7) is 3.03. The highest BCUT2D eigenvalue weighted by Gasteiger charge is 2.18. The van der Waals surface area contributed by atoms with Crippen molar-refractivity contribution < 1.29 is 19.9 Å². The van der Waals surface area contributed by atoms with Crippen LogP contribution in [0.3, 0.4) is 0 Å². The van der Waals surface area contributed by atoms with E-state index < -0.39 is 13.1 Å². The van der Waals surface area contributed by atoms with Crippen LogP contribution in [0.25, 0.3) is 0 Å². The van der Waals surface area contributed by atoms with Gasteiger partial charge in [0.05, 0.1) is 0 Å². The lowest BCUT2D eigenvalue weighted by Gasteiger charge is -2.26. The Morgan fingerprint density at radius 3 is 2.21 bits per heavy atom. The number of hydrogen-bond donors (Lipinski definition) is 5. The predicted molar refractivity (Wildman–Crippen MR) is 74.5 cm³/mol. The molecule has 7 nitrogen and oxygen atoms in total. The first-order valence-electron chi connectivity index (χ1n) is 6.70. The van der Waals surface area contributed by atoms with Gasteiger partial charge in [0.15, 0.2) is 0 Å². The number of carbonyl (C=O) groups is 1. The smallest absolute Gasteiger partial charge is 0.451 e. The number of nitrogens with zero attached hydrogens (tertiary/aromatic N) is 1. The predicted octanol–water partition coefficient (Wildman–Crippen LogP) is -1.45. The van der Waals surface area contributed by atoms with Gasteiger partial charge in [-0.05, 0) is 18.7 Å². The molecule has 7 N–H and O–H groups in total. The van der Waals surface area contributed by atoms with Crippen molar-refractivity contribution in [1.29, 1.82) is 0 Å². The monoisotopic (exact) mass is 275 g/mol. The second-order valence-corrected chi connectivity index (χ2v) is 4.75. The Morgan fingerprint density at radius 2 is 1.79 bits per heavy atom. The summed E-state index contributed by atoms with van der Waals surface area (Å²) in [5.74, 6) is -0.857. The average molecular weight is 275 g/mol. The molecule has 0 aliphatic carbocycles. The summed E-state index contributed by atoms with van der Waals surface area (Å²) in [4.78, 5) is 12.9. The lowest BCUT2D eigenvalue weighted by molar-refractivity contribution is -0.138. The lowest BCUT2D eigenvalue weighted by atomic mass is 9.82. The van der Waals surface area contributed by atoms with Gasteiger partial charge in [-0.15, -0.1) is 0 Å². The fourth-order valence-electron chi connectivity index (χ4n) is 2.12. The molecule has 0 saturated heterocycles. The van der Waals surface area contributed by atoms with Crippen LogP contribution in [0.1, 0.15) is 19.3 Å². The average Bonchev–Trinajstić information content (AvgIpc) is 2.28. The third-order valence-electron chi connectivity index (χ3n) is 2.95. The van der Waals surface area contributed by atoms with E-state index in [1.165, 1.54) is 0 Å². The molecule has 0 rings (SSSR count). The zero-order valence-electron chi connectivity index (χ0n) is 11.4. The van der Waals surface area contributed by atoms with Crippen LogP contribution in [0.15, 0.2) is 0 Å². The second kappa shape index (κ2) is 11.2. The Hall–Kier alpha value is -0.665. The van der Waals surface area contributed by atoms with Crippen LogP contribution < -0.4 is 11.5 Å².